The minimum absolute atomic E-state index is 0.145. The summed E-state index contributed by atoms with van der Waals surface area (Å²) in [5.74, 6) is -0.145. The van der Waals surface area contributed by atoms with Gasteiger partial charge in [0.15, 0.2) is 5.17 Å². The van der Waals surface area contributed by atoms with Crippen molar-refractivity contribution in [3.05, 3.63) is 71.7 Å². The second-order valence-corrected chi connectivity index (χ2v) is 11.9. The van der Waals surface area contributed by atoms with Crippen molar-refractivity contribution in [1.82, 2.24) is 9.88 Å². The molecule has 2 aromatic heterocycles. The Morgan fingerprint density at radius 2 is 1.86 bits per heavy atom. The lowest BCUT2D eigenvalue weighted by atomic mass is 9.96. The molecule has 178 valence electrons. The van der Waals surface area contributed by atoms with Crippen LogP contribution < -0.4 is 5.32 Å². The van der Waals surface area contributed by atoms with Crippen molar-refractivity contribution >= 4 is 61.9 Å². The van der Waals surface area contributed by atoms with E-state index in [2.05, 4.69) is 56.8 Å². The molecular weight excluding hydrogens is 540 g/mol. The minimum atomic E-state index is -0.145. The Bertz CT molecular complexity index is 1460. The van der Waals surface area contributed by atoms with Crippen molar-refractivity contribution in [3.63, 3.8) is 0 Å². The maximum atomic E-state index is 12.7. The Morgan fingerprint density at radius 1 is 1.14 bits per heavy atom. The highest BCUT2D eigenvalue weighted by atomic mass is 79.9. The molecule has 5 nitrogen and oxygen atoms in total. The van der Waals surface area contributed by atoms with Gasteiger partial charge in [-0.15, -0.1) is 11.3 Å². The molecule has 0 saturated carbocycles. The molecule has 0 unspecified atom stereocenters. The summed E-state index contributed by atoms with van der Waals surface area (Å²) < 4.78 is 3.25. The van der Waals surface area contributed by atoms with E-state index in [1.807, 2.05) is 32.1 Å². The number of amides is 1. The number of thiophene rings is 1. The normalized spacial score (nSPS) is 17.7. The monoisotopic (exact) mass is 564 g/mol. The summed E-state index contributed by atoms with van der Waals surface area (Å²) in [6, 6.07) is 8.56. The number of carbonyl (C=O) groups excluding carboxylic acids is 1. The van der Waals surface area contributed by atoms with Gasteiger partial charge in [0, 0.05) is 20.7 Å². The van der Waals surface area contributed by atoms with Crippen LogP contribution in [0.2, 0.25) is 0 Å². The van der Waals surface area contributed by atoms with Crippen LogP contribution in [-0.2, 0) is 17.6 Å². The van der Waals surface area contributed by atoms with Gasteiger partial charge in [-0.05, 0) is 112 Å². The summed E-state index contributed by atoms with van der Waals surface area (Å²) in [7, 11) is 0. The van der Waals surface area contributed by atoms with Gasteiger partial charge >= 0.3 is 0 Å². The number of nitriles is 1. The number of hydrogen-bond donors (Lipinski definition) is 1. The van der Waals surface area contributed by atoms with E-state index < -0.39 is 0 Å². The standard InChI is InChI=1S/C27H25BrN4OS2/c1-14-9-19(10-15(2)24(14)28)30-27-31-25(33)23(35-27)12-18-11-16(3)32(17(18)4)26-21(13-29)20-7-5-6-8-22(20)34-26/h9-12H,5-8H2,1-4H3,(H,30,31,33)/b23-12-. The fraction of sp³-hybridized carbons (Fsp3) is 0.296. The first-order valence-electron chi connectivity index (χ1n) is 11.6. The molecule has 0 radical (unpaired) electrons. The van der Waals surface area contributed by atoms with Crippen LogP contribution in [-0.4, -0.2) is 15.6 Å². The summed E-state index contributed by atoms with van der Waals surface area (Å²) in [6.45, 7) is 8.18. The number of halogens is 1. The highest BCUT2D eigenvalue weighted by molar-refractivity contribution is 9.10. The first-order valence-corrected chi connectivity index (χ1v) is 14.0. The van der Waals surface area contributed by atoms with Gasteiger partial charge in [-0.3, -0.25) is 4.79 Å². The smallest absolute Gasteiger partial charge is 0.264 e. The van der Waals surface area contributed by atoms with Crippen LogP contribution in [0, 0.1) is 39.0 Å². The van der Waals surface area contributed by atoms with Gasteiger partial charge < -0.3 is 9.88 Å². The van der Waals surface area contributed by atoms with Crippen LogP contribution in [0.15, 0.2) is 32.6 Å². The molecule has 0 atom stereocenters. The highest BCUT2D eigenvalue weighted by Gasteiger charge is 2.26. The van der Waals surface area contributed by atoms with E-state index in [1.54, 1.807) is 11.3 Å². The van der Waals surface area contributed by atoms with Gasteiger partial charge in [0.2, 0.25) is 0 Å². The predicted molar refractivity (Wildman–Crippen MR) is 149 cm³/mol. The molecule has 1 aliphatic carbocycles. The van der Waals surface area contributed by atoms with E-state index in [4.69, 9.17) is 0 Å². The molecule has 2 aliphatic rings. The highest BCUT2D eigenvalue weighted by Crippen LogP contribution is 2.39. The molecule has 1 aliphatic heterocycles. The zero-order chi connectivity index (χ0) is 24.9. The van der Waals surface area contributed by atoms with Crippen LogP contribution in [0.25, 0.3) is 11.1 Å². The van der Waals surface area contributed by atoms with Crippen molar-refractivity contribution in [1.29, 1.82) is 5.26 Å². The van der Waals surface area contributed by atoms with Gasteiger partial charge in [0.25, 0.3) is 5.91 Å². The first-order chi connectivity index (χ1) is 16.8. The van der Waals surface area contributed by atoms with Crippen molar-refractivity contribution in [2.75, 3.05) is 0 Å². The van der Waals surface area contributed by atoms with Crippen molar-refractivity contribution in [3.8, 4) is 11.1 Å². The van der Waals surface area contributed by atoms with E-state index in [9.17, 15) is 10.1 Å². The second-order valence-electron chi connectivity index (χ2n) is 9.04. The van der Waals surface area contributed by atoms with Crippen LogP contribution in [0.4, 0.5) is 5.69 Å². The number of fused-ring (bicyclic) bond motifs is 1. The topological polar surface area (TPSA) is 70.2 Å². The molecule has 1 N–H and O–H groups in total. The number of aliphatic imine (C=N–C) groups is 1. The zero-order valence-corrected chi connectivity index (χ0v) is 23.3. The zero-order valence-electron chi connectivity index (χ0n) is 20.1. The van der Waals surface area contributed by atoms with E-state index in [-0.39, 0.29) is 5.91 Å². The fourth-order valence-corrected chi connectivity index (χ4v) is 7.31. The summed E-state index contributed by atoms with van der Waals surface area (Å²) in [6.07, 6.45) is 6.31. The number of aromatic nitrogens is 1. The quantitative estimate of drug-likeness (QED) is 0.342. The lowest BCUT2D eigenvalue weighted by Gasteiger charge is -2.10. The van der Waals surface area contributed by atoms with Crippen LogP contribution in [0.5, 0.6) is 0 Å². The average molecular weight is 566 g/mol. The molecule has 0 spiro atoms. The SMILES string of the molecule is Cc1cc(N=C2NC(=O)/C(=C/c3cc(C)n(-c4sc5c(c4C#N)CCCC5)c3C)S2)cc(C)c1Br. The number of rotatable bonds is 3. The van der Waals surface area contributed by atoms with E-state index >= 15 is 0 Å². The lowest BCUT2D eigenvalue weighted by molar-refractivity contribution is -0.115. The molecule has 1 saturated heterocycles. The summed E-state index contributed by atoms with van der Waals surface area (Å²) in [4.78, 5) is 19.4. The Labute approximate surface area is 222 Å². The molecule has 8 heteroatoms. The molecule has 0 bridgehead atoms. The van der Waals surface area contributed by atoms with Gasteiger partial charge in [-0.1, -0.05) is 15.9 Å². The number of benzene rings is 1. The summed E-state index contributed by atoms with van der Waals surface area (Å²) >= 11 is 6.68. The van der Waals surface area contributed by atoms with E-state index in [0.717, 1.165) is 68.1 Å². The van der Waals surface area contributed by atoms with Crippen LogP contribution >= 0.6 is 39.0 Å². The molecular formula is C27H25BrN4OS2. The summed E-state index contributed by atoms with van der Waals surface area (Å²) in [5.41, 5.74) is 8.14. The number of carbonyl (C=O) groups is 1. The summed E-state index contributed by atoms with van der Waals surface area (Å²) in [5, 5.41) is 14.4. The molecule has 35 heavy (non-hydrogen) atoms. The Kier molecular flexibility index (Phi) is 6.51. The number of nitrogens with one attached hydrogen (secondary N) is 1. The fourth-order valence-electron chi connectivity index (χ4n) is 4.80. The Morgan fingerprint density at radius 3 is 2.57 bits per heavy atom. The van der Waals surface area contributed by atoms with Gasteiger partial charge in [0.05, 0.1) is 16.2 Å². The number of hydrogen-bond acceptors (Lipinski definition) is 5. The molecule has 3 aromatic rings. The number of nitrogens with zero attached hydrogens (tertiary/aromatic N) is 3. The third-order valence-electron chi connectivity index (χ3n) is 6.53. The predicted octanol–water partition coefficient (Wildman–Crippen LogP) is 7.18. The third kappa shape index (κ3) is 4.42. The first kappa shape index (κ1) is 24.1. The van der Waals surface area contributed by atoms with Crippen LogP contribution in [0.3, 0.4) is 0 Å². The second kappa shape index (κ2) is 9.45. The van der Waals surface area contributed by atoms with E-state index in [1.165, 1.54) is 28.6 Å². The molecule has 1 aromatic carbocycles. The molecule has 1 amide bonds. The van der Waals surface area contributed by atoms with Gasteiger partial charge in [0.1, 0.15) is 11.1 Å². The number of thioether (sulfide) groups is 1. The maximum absolute atomic E-state index is 12.7. The number of amidine groups is 1. The van der Waals surface area contributed by atoms with Crippen molar-refractivity contribution in [2.45, 2.75) is 53.4 Å². The molecule has 5 rings (SSSR count). The lowest BCUT2D eigenvalue weighted by Crippen LogP contribution is -2.19. The largest absolute Gasteiger partial charge is 0.308 e. The van der Waals surface area contributed by atoms with Crippen molar-refractivity contribution < 1.29 is 4.79 Å². The Balaban J connectivity index is 1.48. The number of aryl methyl sites for hydroxylation is 4. The van der Waals surface area contributed by atoms with E-state index in [0.29, 0.717) is 10.1 Å². The maximum Gasteiger partial charge on any atom is 0.264 e. The molecule has 1 fully saturated rings. The van der Waals surface area contributed by atoms with Crippen LogP contribution in [0.1, 0.15) is 56.9 Å². The average Bonchev–Trinajstić information content (AvgIpc) is 3.44. The molecule has 3 heterocycles. The van der Waals surface area contributed by atoms with Gasteiger partial charge in [-0.2, -0.15) is 5.26 Å². The Hall–Kier alpha value is -2.60. The minimum Gasteiger partial charge on any atom is -0.308 e. The van der Waals surface area contributed by atoms with Gasteiger partial charge in [-0.25, -0.2) is 4.99 Å². The third-order valence-corrected chi connectivity index (χ3v) is 9.96. The van der Waals surface area contributed by atoms with Crippen molar-refractivity contribution in [2.24, 2.45) is 4.99 Å².